The third-order valence-corrected chi connectivity index (χ3v) is 4.65. The molecule has 0 aliphatic heterocycles. The van der Waals surface area contributed by atoms with E-state index in [-0.39, 0.29) is 0 Å². The van der Waals surface area contributed by atoms with Crippen LogP contribution in [0.3, 0.4) is 0 Å². The molecule has 1 heterocycles. The Kier molecular flexibility index (Phi) is 4.02. The molecule has 0 radical (unpaired) electrons. The molecule has 0 spiro atoms. The summed E-state index contributed by atoms with van der Waals surface area (Å²) in [6.07, 6.45) is 5.53. The van der Waals surface area contributed by atoms with Crippen LogP contribution in [0.15, 0.2) is 15.9 Å². The summed E-state index contributed by atoms with van der Waals surface area (Å²) >= 11 is 5.27. The van der Waals surface area contributed by atoms with Gasteiger partial charge in [0.05, 0.1) is 6.61 Å². The van der Waals surface area contributed by atoms with Gasteiger partial charge in [0.2, 0.25) is 0 Å². The molecule has 1 aliphatic carbocycles. The van der Waals surface area contributed by atoms with Crippen molar-refractivity contribution in [3.63, 3.8) is 0 Å². The maximum Gasteiger partial charge on any atom is 0.0820 e. The molecular weight excluding hydrogens is 260 g/mol. The second-order valence-corrected chi connectivity index (χ2v) is 5.71. The van der Waals surface area contributed by atoms with Crippen LogP contribution in [-0.4, -0.2) is 6.61 Å². The lowest BCUT2D eigenvalue weighted by atomic mass is 10.1. The molecule has 2 rings (SSSR count). The highest BCUT2D eigenvalue weighted by molar-refractivity contribution is 9.10. The molecule has 14 heavy (non-hydrogen) atoms. The minimum absolute atomic E-state index is 0.773. The Balaban J connectivity index is 1.70. The van der Waals surface area contributed by atoms with Crippen LogP contribution in [-0.2, 0) is 11.3 Å². The number of rotatable bonds is 4. The predicted octanol–water partition coefficient (Wildman–Crippen LogP) is 4.22. The van der Waals surface area contributed by atoms with Crippen molar-refractivity contribution in [2.75, 3.05) is 6.61 Å². The molecule has 0 amide bonds. The number of ether oxygens (including phenoxy) is 1. The molecule has 0 bridgehead atoms. The third-order valence-electron chi connectivity index (χ3n) is 2.75. The van der Waals surface area contributed by atoms with Crippen molar-refractivity contribution >= 4 is 27.3 Å². The lowest BCUT2D eigenvalue weighted by Crippen LogP contribution is -2.04. The Morgan fingerprint density at radius 2 is 2.21 bits per heavy atom. The maximum atomic E-state index is 5.72. The summed E-state index contributed by atoms with van der Waals surface area (Å²) in [7, 11) is 0. The summed E-state index contributed by atoms with van der Waals surface area (Å²) in [5, 5.41) is 2.10. The van der Waals surface area contributed by atoms with Gasteiger partial charge in [0.15, 0.2) is 0 Å². The second-order valence-electron chi connectivity index (χ2n) is 3.86. The highest BCUT2D eigenvalue weighted by Gasteiger charge is 2.14. The van der Waals surface area contributed by atoms with Gasteiger partial charge in [0.1, 0.15) is 0 Å². The molecule has 0 atom stereocenters. The molecule has 1 aliphatic rings. The van der Waals surface area contributed by atoms with Gasteiger partial charge in [-0.15, -0.1) is 11.3 Å². The van der Waals surface area contributed by atoms with E-state index in [1.54, 1.807) is 11.3 Å². The molecule has 0 unspecified atom stereocenters. The minimum Gasteiger partial charge on any atom is -0.376 e. The van der Waals surface area contributed by atoms with Crippen LogP contribution >= 0.6 is 27.3 Å². The van der Waals surface area contributed by atoms with Gasteiger partial charge < -0.3 is 4.74 Å². The normalized spacial score (nSPS) is 17.8. The highest BCUT2D eigenvalue weighted by atomic mass is 79.9. The smallest absolute Gasteiger partial charge is 0.0820 e. The standard InChI is InChI=1S/C11H15BrOS/c12-10-5-6-14-11(10)8-13-7-9-3-1-2-4-9/h5-6,9H,1-4,7-8H2. The third kappa shape index (κ3) is 2.81. The zero-order chi connectivity index (χ0) is 9.80. The van der Waals surface area contributed by atoms with Crippen LogP contribution in [0.1, 0.15) is 30.6 Å². The van der Waals surface area contributed by atoms with Crippen molar-refractivity contribution in [3.8, 4) is 0 Å². The van der Waals surface area contributed by atoms with Crippen LogP contribution in [0.2, 0.25) is 0 Å². The van der Waals surface area contributed by atoms with Crippen molar-refractivity contribution in [2.45, 2.75) is 32.3 Å². The van der Waals surface area contributed by atoms with Gasteiger partial charge in [-0.25, -0.2) is 0 Å². The van der Waals surface area contributed by atoms with Gasteiger partial charge in [-0.3, -0.25) is 0 Å². The largest absolute Gasteiger partial charge is 0.376 e. The van der Waals surface area contributed by atoms with E-state index in [4.69, 9.17) is 4.74 Å². The molecular formula is C11H15BrOS. The Morgan fingerprint density at radius 1 is 1.43 bits per heavy atom. The molecule has 78 valence electrons. The van der Waals surface area contributed by atoms with Gasteiger partial charge in [-0.05, 0) is 46.1 Å². The first kappa shape index (κ1) is 10.7. The second kappa shape index (κ2) is 5.29. The van der Waals surface area contributed by atoms with Gasteiger partial charge >= 0.3 is 0 Å². The van der Waals surface area contributed by atoms with E-state index < -0.39 is 0 Å². The Morgan fingerprint density at radius 3 is 2.86 bits per heavy atom. The van der Waals surface area contributed by atoms with Crippen LogP contribution in [0.5, 0.6) is 0 Å². The molecule has 3 heteroatoms. The van der Waals surface area contributed by atoms with E-state index >= 15 is 0 Å². The molecule has 0 N–H and O–H groups in total. The molecule has 1 aromatic heterocycles. The van der Waals surface area contributed by atoms with Gasteiger partial charge in [-0.2, -0.15) is 0 Å². The van der Waals surface area contributed by atoms with Crippen molar-refractivity contribution in [1.82, 2.24) is 0 Å². The lowest BCUT2D eigenvalue weighted by Gasteiger charge is -2.08. The van der Waals surface area contributed by atoms with Crippen LogP contribution in [0, 0.1) is 5.92 Å². The van der Waals surface area contributed by atoms with E-state index in [2.05, 4.69) is 27.4 Å². The number of thiophene rings is 1. The molecule has 1 saturated carbocycles. The van der Waals surface area contributed by atoms with Crippen molar-refractivity contribution in [3.05, 3.63) is 20.8 Å². The highest BCUT2D eigenvalue weighted by Crippen LogP contribution is 2.27. The zero-order valence-electron chi connectivity index (χ0n) is 8.17. The van der Waals surface area contributed by atoms with Gasteiger partial charge in [-0.1, -0.05) is 12.8 Å². The van der Waals surface area contributed by atoms with E-state index in [0.717, 1.165) is 19.1 Å². The van der Waals surface area contributed by atoms with Crippen molar-refractivity contribution in [1.29, 1.82) is 0 Å². The summed E-state index contributed by atoms with van der Waals surface area (Å²) < 4.78 is 6.91. The Labute approximate surface area is 97.6 Å². The molecule has 1 nitrogen and oxygen atoms in total. The number of hydrogen-bond acceptors (Lipinski definition) is 2. The van der Waals surface area contributed by atoms with E-state index in [1.807, 2.05) is 0 Å². The van der Waals surface area contributed by atoms with Crippen LogP contribution in [0.25, 0.3) is 0 Å². The van der Waals surface area contributed by atoms with E-state index in [0.29, 0.717) is 0 Å². The molecule has 0 saturated heterocycles. The summed E-state index contributed by atoms with van der Waals surface area (Å²) in [5.41, 5.74) is 0. The fourth-order valence-corrected chi connectivity index (χ4v) is 3.33. The predicted molar refractivity (Wildman–Crippen MR) is 63.6 cm³/mol. The van der Waals surface area contributed by atoms with Crippen LogP contribution in [0.4, 0.5) is 0 Å². The molecule has 1 aromatic rings. The van der Waals surface area contributed by atoms with E-state index in [9.17, 15) is 0 Å². The fraction of sp³-hybridized carbons (Fsp3) is 0.636. The fourth-order valence-electron chi connectivity index (χ4n) is 1.92. The quantitative estimate of drug-likeness (QED) is 0.799. The minimum atomic E-state index is 0.773. The first-order chi connectivity index (χ1) is 6.86. The van der Waals surface area contributed by atoms with Gasteiger partial charge in [0.25, 0.3) is 0 Å². The van der Waals surface area contributed by atoms with Crippen molar-refractivity contribution in [2.24, 2.45) is 5.92 Å². The maximum absolute atomic E-state index is 5.72. The zero-order valence-corrected chi connectivity index (χ0v) is 10.6. The average molecular weight is 275 g/mol. The summed E-state index contributed by atoms with van der Waals surface area (Å²) in [6, 6.07) is 2.08. The summed E-state index contributed by atoms with van der Waals surface area (Å²) in [4.78, 5) is 1.31. The lowest BCUT2D eigenvalue weighted by molar-refractivity contribution is 0.0903. The monoisotopic (exact) mass is 274 g/mol. The number of hydrogen-bond donors (Lipinski definition) is 0. The Bertz CT molecular complexity index is 279. The number of halogens is 1. The SMILES string of the molecule is Brc1ccsc1COCC1CCCC1. The first-order valence-corrected chi connectivity index (χ1v) is 6.83. The van der Waals surface area contributed by atoms with E-state index in [1.165, 1.54) is 35.0 Å². The topological polar surface area (TPSA) is 9.23 Å². The van der Waals surface area contributed by atoms with Gasteiger partial charge in [0, 0.05) is 16.0 Å². The molecule has 0 aromatic carbocycles. The summed E-state index contributed by atoms with van der Waals surface area (Å²) in [6.45, 7) is 1.72. The Hall–Kier alpha value is 0.140. The summed E-state index contributed by atoms with van der Waals surface area (Å²) in [5.74, 6) is 0.828. The first-order valence-electron chi connectivity index (χ1n) is 5.16. The molecule has 1 fully saturated rings. The average Bonchev–Trinajstić information content (AvgIpc) is 2.78. The van der Waals surface area contributed by atoms with Crippen LogP contribution < -0.4 is 0 Å². The van der Waals surface area contributed by atoms with Crippen molar-refractivity contribution < 1.29 is 4.74 Å².